The van der Waals surface area contributed by atoms with Crippen LogP contribution in [0.25, 0.3) is 15.8 Å². The molecule has 1 N–H and O–H groups in total. The molecule has 0 bridgehead atoms. The standard InChI is InChI=1S/C22H17Cl2N3O6S2/c23-15-10-16(24)20(35(30,31)27-5-7-32-8-6-27)9-13(15)22(29)33-12-18(28)14(11-25)21-26-17-3-1-2-4-19(17)34-21/h1-4,9-10,28H,5-8,12H2/b18-14-. The number of aliphatic hydroxyl groups excluding tert-OH is 1. The molecule has 0 aliphatic carbocycles. The van der Waals surface area contributed by atoms with Crippen molar-refractivity contribution in [1.82, 2.24) is 9.29 Å². The van der Waals surface area contributed by atoms with Crippen LogP contribution < -0.4 is 0 Å². The number of hydrogen-bond donors (Lipinski definition) is 1. The molecule has 4 rings (SSSR count). The van der Waals surface area contributed by atoms with Gasteiger partial charge in [-0.05, 0) is 24.3 Å². The molecule has 0 amide bonds. The quantitative estimate of drug-likeness (QED) is 0.272. The maximum atomic E-state index is 13.0. The Kier molecular flexibility index (Phi) is 7.61. The highest BCUT2D eigenvalue weighted by molar-refractivity contribution is 7.89. The summed E-state index contributed by atoms with van der Waals surface area (Å²) in [6.45, 7) is 0.106. The average Bonchev–Trinajstić information content (AvgIpc) is 3.27. The molecule has 9 nitrogen and oxygen atoms in total. The zero-order chi connectivity index (χ0) is 25.2. The highest BCUT2D eigenvalue weighted by Gasteiger charge is 2.30. The largest absolute Gasteiger partial charge is 0.507 e. The van der Waals surface area contributed by atoms with Gasteiger partial charge in [0, 0.05) is 13.1 Å². The summed E-state index contributed by atoms with van der Waals surface area (Å²) in [5.74, 6) is -1.51. The van der Waals surface area contributed by atoms with Crippen LogP contribution in [0.15, 0.2) is 47.1 Å². The number of allylic oxidation sites excluding steroid dienone is 1. The van der Waals surface area contributed by atoms with Gasteiger partial charge in [-0.25, -0.2) is 18.2 Å². The van der Waals surface area contributed by atoms with Crippen molar-refractivity contribution < 1.29 is 27.8 Å². The molecule has 2 heterocycles. The molecule has 0 spiro atoms. The Bertz CT molecular complexity index is 1440. The Morgan fingerprint density at radius 1 is 1.23 bits per heavy atom. The summed E-state index contributed by atoms with van der Waals surface area (Å²) < 4.78 is 38.4. The molecule has 35 heavy (non-hydrogen) atoms. The van der Waals surface area contributed by atoms with Gasteiger partial charge in [0.1, 0.15) is 28.2 Å². The van der Waals surface area contributed by atoms with Gasteiger partial charge in [-0.1, -0.05) is 35.3 Å². The van der Waals surface area contributed by atoms with Gasteiger partial charge in [-0.15, -0.1) is 11.3 Å². The molecule has 1 aliphatic heterocycles. The number of thiazole rings is 1. The van der Waals surface area contributed by atoms with Crippen LogP contribution in [0.4, 0.5) is 0 Å². The number of rotatable bonds is 6. The van der Waals surface area contributed by atoms with Crippen molar-refractivity contribution >= 4 is 66.3 Å². The van der Waals surface area contributed by atoms with Crippen molar-refractivity contribution in [3.63, 3.8) is 0 Å². The Morgan fingerprint density at radius 2 is 1.94 bits per heavy atom. The third-order valence-electron chi connectivity index (χ3n) is 5.08. The second-order valence-electron chi connectivity index (χ2n) is 7.28. The lowest BCUT2D eigenvalue weighted by Gasteiger charge is -2.26. The topological polar surface area (TPSA) is 130 Å². The molecule has 3 aromatic rings. The van der Waals surface area contributed by atoms with Crippen molar-refractivity contribution in [2.45, 2.75) is 4.90 Å². The number of ether oxygens (including phenoxy) is 2. The summed E-state index contributed by atoms with van der Waals surface area (Å²) in [4.78, 5) is 16.7. The number of carbonyl (C=O) groups is 1. The molecule has 182 valence electrons. The zero-order valence-corrected chi connectivity index (χ0v) is 21.0. The van der Waals surface area contributed by atoms with Gasteiger partial charge in [0.15, 0.2) is 5.76 Å². The Hall–Kier alpha value is -2.72. The maximum Gasteiger partial charge on any atom is 0.340 e. The van der Waals surface area contributed by atoms with Crippen molar-refractivity contribution in [3.05, 3.63) is 62.8 Å². The van der Waals surface area contributed by atoms with E-state index < -0.39 is 28.4 Å². The number of hydrogen-bond acceptors (Lipinski definition) is 9. The summed E-state index contributed by atoms with van der Waals surface area (Å²) in [5.41, 5.74) is 0.262. The van der Waals surface area contributed by atoms with Gasteiger partial charge in [-0.3, -0.25) is 0 Å². The van der Waals surface area contributed by atoms with E-state index in [2.05, 4.69) is 4.98 Å². The van der Waals surface area contributed by atoms with Gasteiger partial charge in [-0.2, -0.15) is 9.57 Å². The number of morpholine rings is 1. The molecule has 2 aromatic carbocycles. The monoisotopic (exact) mass is 553 g/mol. The number of benzene rings is 2. The van der Waals surface area contributed by atoms with E-state index in [1.165, 1.54) is 15.6 Å². The first-order valence-corrected chi connectivity index (χ1v) is 13.2. The van der Waals surface area contributed by atoms with Crippen LogP contribution in [0.3, 0.4) is 0 Å². The fraction of sp³-hybridized carbons (Fsp3) is 0.227. The van der Waals surface area contributed by atoms with E-state index in [4.69, 9.17) is 32.7 Å². The van der Waals surface area contributed by atoms with E-state index in [0.717, 1.165) is 16.8 Å². The lowest BCUT2D eigenvalue weighted by Crippen LogP contribution is -2.40. The predicted molar refractivity (Wildman–Crippen MR) is 131 cm³/mol. The molecule has 1 aliphatic rings. The summed E-state index contributed by atoms with van der Waals surface area (Å²) in [6, 6.07) is 11.3. The summed E-state index contributed by atoms with van der Waals surface area (Å²) in [5, 5.41) is 19.9. The second kappa shape index (κ2) is 10.5. The van der Waals surface area contributed by atoms with Gasteiger partial charge < -0.3 is 14.6 Å². The zero-order valence-electron chi connectivity index (χ0n) is 17.9. The number of aromatic nitrogens is 1. The number of nitrogens with zero attached hydrogens (tertiary/aromatic N) is 3. The Morgan fingerprint density at radius 3 is 2.63 bits per heavy atom. The highest BCUT2D eigenvalue weighted by Crippen LogP contribution is 2.32. The number of aliphatic hydroxyl groups is 1. The second-order valence-corrected chi connectivity index (χ2v) is 11.0. The minimum atomic E-state index is -4.02. The minimum absolute atomic E-state index is 0.129. The Balaban J connectivity index is 1.57. The summed E-state index contributed by atoms with van der Waals surface area (Å²) in [7, 11) is -4.02. The van der Waals surface area contributed by atoms with Crippen LogP contribution in [0.5, 0.6) is 0 Å². The number of halogens is 2. The number of esters is 1. The number of nitriles is 1. The van der Waals surface area contributed by atoms with Crippen molar-refractivity contribution in [1.29, 1.82) is 5.26 Å². The first kappa shape index (κ1) is 25.4. The minimum Gasteiger partial charge on any atom is -0.507 e. The van der Waals surface area contributed by atoms with Gasteiger partial charge >= 0.3 is 5.97 Å². The van der Waals surface area contributed by atoms with E-state index in [-0.39, 0.29) is 57.4 Å². The van der Waals surface area contributed by atoms with E-state index in [0.29, 0.717) is 5.52 Å². The summed E-state index contributed by atoms with van der Waals surface area (Å²) in [6.07, 6.45) is 0. The normalized spacial score (nSPS) is 15.5. The molecule has 0 saturated carbocycles. The first-order valence-electron chi connectivity index (χ1n) is 10.1. The average molecular weight is 554 g/mol. The predicted octanol–water partition coefficient (Wildman–Crippen LogP) is 4.27. The Labute approximate surface area is 214 Å². The molecule has 0 radical (unpaired) electrons. The smallest absolute Gasteiger partial charge is 0.340 e. The van der Waals surface area contributed by atoms with E-state index in [1.807, 2.05) is 18.2 Å². The van der Waals surface area contributed by atoms with Crippen LogP contribution >= 0.6 is 34.5 Å². The van der Waals surface area contributed by atoms with Crippen LogP contribution in [0, 0.1) is 11.3 Å². The third kappa shape index (κ3) is 5.28. The van der Waals surface area contributed by atoms with Gasteiger partial charge in [0.2, 0.25) is 10.0 Å². The number of para-hydroxylation sites is 1. The van der Waals surface area contributed by atoms with Crippen molar-refractivity contribution in [2.75, 3.05) is 32.9 Å². The lowest BCUT2D eigenvalue weighted by molar-refractivity contribution is 0.0502. The molecule has 0 atom stereocenters. The SMILES string of the molecule is N#C/C(=C(/O)COC(=O)c1cc(S(=O)(=O)N2CCOCC2)c(Cl)cc1Cl)c1nc2ccccc2s1. The van der Waals surface area contributed by atoms with Crippen LogP contribution in [-0.2, 0) is 19.5 Å². The molecule has 0 unspecified atom stereocenters. The van der Waals surface area contributed by atoms with E-state index in [9.17, 15) is 23.6 Å². The lowest BCUT2D eigenvalue weighted by atomic mass is 10.2. The van der Waals surface area contributed by atoms with Crippen molar-refractivity contribution in [2.24, 2.45) is 0 Å². The van der Waals surface area contributed by atoms with E-state index >= 15 is 0 Å². The van der Waals surface area contributed by atoms with Gasteiger partial charge in [0.25, 0.3) is 0 Å². The van der Waals surface area contributed by atoms with Crippen LogP contribution in [0.1, 0.15) is 15.4 Å². The fourth-order valence-electron chi connectivity index (χ4n) is 3.31. The maximum absolute atomic E-state index is 13.0. The number of sulfonamides is 1. The fourth-order valence-corrected chi connectivity index (χ4v) is 6.52. The van der Waals surface area contributed by atoms with Crippen molar-refractivity contribution in [3.8, 4) is 6.07 Å². The molecule has 1 aromatic heterocycles. The molecule has 13 heteroatoms. The molecule has 1 fully saturated rings. The van der Waals surface area contributed by atoms with E-state index in [1.54, 1.807) is 12.1 Å². The van der Waals surface area contributed by atoms with Gasteiger partial charge in [0.05, 0.1) is 39.0 Å². The first-order chi connectivity index (χ1) is 16.7. The van der Waals surface area contributed by atoms with Crippen LogP contribution in [-0.4, -0.2) is 61.7 Å². The molecular weight excluding hydrogens is 537 g/mol. The van der Waals surface area contributed by atoms with Crippen LogP contribution in [0.2, 0.25) is 10.0 Å². The highest BCUT2D eigenvalue weighted by atomic mass is 35.5. The third-order valence-corrected chi connectivity index (χ3v) is 8.81. The summed E-state index contributed by atoms with van der Waals surface area (Å²) >= 11 is 13.5. The molecule has 1 saturated heterocycles. The number of fused-ring (bicyclic) bond motifs is 1. The number of carbonyl (C=O) groups excluding carboxylic acids is 1. The molecular formula is C22H17Cl2N3O6S2.